The molecule has 1 N–H and O–H groups in total. The molecule has 132 valence electrons. The first-order valence-corrected chi connectivity index (χ1v) is 9.20. The molecule has 0 aliphatic carbocycles. The zero-order valence-corrected chi connectivity index (χ0v) is 14.6. The number of amides is 1. The molecule has 0 aromatic carbocycles. The van der Waals surface area contributed by atoms with Crippen LogP contribution in [-0.4, -0.2) is 49.9 Å². The Morgan fingerprint density at radius 2 is 2.24 bits per heavy atom. The lowest BCUT2D eigenvalue weighted by atomic mass is 9.93. The van der Waals surface area contributed by atoms with Crippen molar-refractivity contribution in [2.75, 3.05) is 13.1 Å². The van der Waals surface area contributed by atoms with Crippen LogP contribution in [0.2, 0.25) is 0 Å². The van der Waals surface area contributed by atoms with Crippen LogP contribution in [0.15, 0.2) is 24.0 Å². The van der Waals surface area contributed by atoms with Gasteiger partial charge >= 0.3 is 5.97 Å². The average molecular weight is 360 g/mol. The van der Waals surface area contributed by atoms with E-state index >= 15 is 0 Å². The van der Waals surface area contributed by atoms with E-state index < -0.39 is 5.97 Å². The summed E-state index contributed by atoms with van der Waals surface area (Å²) < 4.78 is 0. The number of carboxylic acids is 1. The molecule has 0 bridgehead atoms. The zero-order chi connectivity index (χ0) is 17.6. The third-order valence-electron chi connectivity index (χ3n) is 4.30. The van der Waals surface area contributed by atoms with Gasteiger partial charge in [-0.25, -0.2) is 4.98 Å². The van der Waals surface area contributed by atoms with Gasteiger partial charge in [-0.15, -0.1) is 11.3 Å². The Balaban J connectivity index is 1.57. The van der Waals surface area contributed by atoms with Gasteiger partial charge in [0.2, 0.25) is 5.91 Å². The molecule has 0 spiro atoms. The Bertz CT molecular complexity index is 735. The Kier molecular flexibility index (Phi) is 5.70. The standard InChI is InChI=1S/C17H20N4O3S/c22-15(21-7-1-2-12(10-21)3-4-16(23)24)8-13-11-25-17(20-13)14-9-18-5-6-19-14/h5-6,9,11-12H,1-4,7-8,10H2,(H,23,24). The highest BCUT2D eigenvalue weighted by molar-refractivity contribution is 7.13. The molecular formula is C17H20N4O3S. The van der Waals surface area contributed by atoms with Gasteiger partial charge in [-0.2, -0.15) is 0 Å². The van der Waals surface area contributed by atoms with E-state index in [1.165, 1.54) is 11.3 Å². The molecule has 1 aliphatic heterocycles. The highest BCUT2D eigenvalue weighted by Gasteiger charge is 2.24. The van der Waals surface area contributed by atoms with Crippen molar-refractivity contribution in [2.24, 2.45) is 5.92 Å². The number of rotatable bonds is 6. The largest absolute Gasteiger partial charge is 0.481 e. The van der Waals surface area contributed by atoms with Crippen LogP contribution < -0.4 is 0 Å². The molecular weight excluding hydrogens is 340 g/mol. The van der Waals surface area contributed by atoms with Crippen LogP contribution in [0.4, 0.5) is 0 Å². The molecule has 2 aromatic heterocycles. The van der Waals surface area contributed by atoms with Crippen LogP contribution >= 0.6 is 11.3 Å². The van der Waals surface area contributed by atoms with Crippen molar-refractivity contribution in [2.45, 2.75) is 32.1 Å². The molecule has 1 saturated heterocycles. The van der Waals surface area contributed by atoms with Crippen molar-refractivity contribution in [3.05, 3.63) is 29.7 Å². The number of nitrogens with zero attached hydrogens (tertiary/aromatic N) is 4. The number of thiazole rings is 1. The SMILES string of the molecule is O=C(O)CCC1CCCN(C(=O)Cc2csc(-c3cnccn3)n2)C1. The second-order valence-electron chi connectivity index (χ2n) is 6.19. The first-order chi connectivity index (χ1) is 12.1. The normalized spacial score (nSPS) is 17.4. The second-order valence-corrected chi connectivity index (χ2v) is 7.05. The van der Waals surface area contributed by atoms with Crippen LogP contribution in [0.25, 0.3) is 10.7 Å². The Hall–Kier alpha value is -2.35. The molecule has 1 aliphatic rings. The summed E-state index contributed by atoms with van der Waals surface area (Å²) >= 11 is 1.45. The minimum Gasteiger partial charge on any atom is -0.481 e. The lowest BCUT2D eigenvalue weighted by molar-refractivity contribution is -0.137. The molecule has 7 nitrogen and oxygen atoms in total. The fourth-order valence-electron chi connectivity index (χ4n) is 3.04. The lowest BCUT2D eigenvalue weighted by Gasteiger charge is -2.32. The van der Waals surface area contributed by atoms with Gasteiger partial charge in [0, 0.05) is 37.3 Å². The number of piperidine rings is 1. The highest BCUT2D eigenvalue weighted by atomic mass is 32.1. The van der Waals surface area contributed by atoms with Gasteiger partial charge in [-0.1, -0.05) is 0 Å². The maximum Gasteiger partial charge on any atom is 0.303 e. The number of carboxylic acid groups (broad SMARTS) is 1. The smallest absolute Gasteiger partial charge is 0.303 e. The van der Waals surface area contributed by atoms with Crippen LogP contribution in [0.1, 0.15) is 31.4 Å². The van der Waals surface area contributed by atoms with E-state index in [4.69, 9.17) is 5.11 Å². The van der Waals surface area contributed by atoms with Crippen LogP contribution in [0, 0.1) is 5.92 Å². The van der Waals surface area contributed by atoms with Crippen molar-refractivity contribution in [3.8, 4) is 10.7 Å². The zero-order valence-electron chi connectivity index (χ0n) is 13.8. The summed E-state index contributed by atoms with van der Waals surface area (Å²) in [5.41, 5.74) is 1.45. The minimum atomic E-state index is -0.775. The molecule has 8 heteroatoms. The van der Waals surface area contributed by atoms with E-state index in [-0.39, 0.29) is 24.7 Å². The molecule has 1 amide bonds. The Morgan fingerprint density at radius 3 is 3.00 bits per heavy atom. The number of carbonyl (C=O) groups is 2. The van der Waals surface area contributed by atoms with E-state index in [0.29, 0.717) is 18.7 Å². The molecule has 1 fully saturated rings. The van der Waals surface area contributed by atoms with Crippen LogP contribution in [0.5, 0.6) is 0 Å². The van der Waals surface area contributed by atoms with Crippen LogP contribution in [0.3, 0.4) is 0 Å². The van der Waals surface area contributed by atoms with E-state index in [2.05, 4.69) is 15.0 Å². The summed E-state index contributed by atoms with van der Waals surface area (Å²) in [5.74, 6) is -0.446. The minimum absolute atomic E-state index is 0.0519. The van der Waals surface area contributed by atoms with Crippen LogP contribution in [-0.2, 0) is 16.0 Å². The first-order valence-electron chi connectivity index (χ1n) is 8.32. The predicted octanol–water partition coefficient (Wildman–Crippen LogP) is 2.25. The predicted molar refractivity (Wildman–Crippen MR) is 93.0 cm³/mol. The van der Waals surface area contributed by atoms with E-state index in [1.807, 2.05) is 10.3 Å². The number of carbonyl (C=O) groups excluding carboxylic acids is 1. The summed E-state index contributed by atoms with van der Waals surface area (Å²) in [5, 5.41) is 11.5. The van der Waals surface area contributed by atoms with Crippen molar-refractivity contribution in [1.29, 1.82) is 0 Å². The summed E-state index contributed by atoms with van der Waals surface area (Å²) in [6.07, 6.45) is 7.87. The molecule has 1 unspecified atom stereocenters. The summed E-state index contributed by atoms with van der Waals surface area (Å²) in [6, 6.07) is 0. The maximum atomic E-state index is 12.5. The summed E-state index contributed by atoms with van der Waals surface area (Å²) in [4.78, 5) is 37.8. The molecule has 2 aromatic rings. The van der Waals surface area contributed by atoms with E-state index in [0.717, 1.165) is 30.1 Å². The van der Waals surface area contributed by atoms with Gasteiger partial charge in [0.05, 0.1) is 18.3 Å². The topological polar surface area (TPSA) is 96.3 Å². The third kappa shape index (κ3) is 4.82. The lowest BCUT2D eigenvalue weighted by Crippen LogP contribution is -2.40. The van der Waals surface area contributed by atoms with Gasteiger partial charge in [-0.05, 0) is 25.2 Å². The molecule has 0 radical (unpaired) electrons. The number of hydrogen-bond donors (Lipinski definition) is 1. The van der Waals surface area contributed by atoms with Crippen molar-refractivity contribution in [1.82, 2.24) is 19.9 Å². The molecule has 25 heavy (non-hydrogen) atoms. The fraction of sp³-hybridized carbons (Fsp3) is 0.471. The summed E-state index contributed by atoms with van der Waals surface area (Å²) in [7, 11) is 0. The third-order valence-corrected chi connectivity index (χ3v) is 5.22. The van der Waals surface area contributed by atoms with Gasteiger partial charge in [0.1, 0.15) is 10.7 Å². The monoisotopic (exact) mass is 360 g/mol. The highest BCUT2D eigenvalue weighted by Crippen LogP contribution is 2.24. The van der Waals surface area contributed by atoms with Gasteiger partial charge in [-0.3, -0.25) is 19.6 Å². The number of likely N-dealkylation sites (tertiary alicyclic amines) is 1. The number of hydrogen-bond acceptors (Lipinski definition) is 6. The van der Waals surface area contributed by atoms with Gasteiger partial charge in [0.15, 0.2) is 0 Å². The molecule has 3 heterocycles. The van der Waals surface area contributed by atoms with Crippen molar-refractivity contribution >= 4 is 23.2 Å². The van der Waals surface area contributed by atoms with Gasteiger partial charge in [0.25, 0.3) is 0 Å². The van der Waals surface area contributed by atoms with Crippen molar-refractivity contribution in [3.63, 3.8) is 0 Å². The molecule has 1 atom stereocenters. The maximum absolute atomic E-state index is 12.5. The second kappa shape index (κ2) is 8.15. The average Bonchev–Trinajstić information content (AvgIpc) is 3.09. The molecule has 3 rings (SSSR count). The van der Waals surface area contributed by atoms with E-state index in [9.17, 15) is 9.59 Å². The fourth-order valence-corrected chi connectivity index (χ4v) is 3.82. The van der Waals surface area contributed by atoms with E-state index in [1.54, 1.807) is 18.6 Å². The first kappa shape index (κ1) is 17.5. The Labute approximate surface area is 149 Å². The molecule has 0 saturated carbocycles. The Morgan fingerprint density at radius 1 is 1.36 bits per heavy atom. The number of aromatic nitrogens is 3. The number of aliphatic carboxylic acids is 1. The quantitative estimate of drug-likeness (QED) is 0.849. The van der Waals surface area contributed by atoms with Crippen molar-refractivity contribution < 1.29 is 14.7 Å². The summed E-state index contributed by atoms with van der Waals surface area (Å²) in [6.45, 7) is 1.39. The van der Waals surface area contributed by atoms with Gasteiger partial charge < -0.3 is 10.0 Å².